The third-order valence-electron chi connectivity index (χ3n) is 2.14. The summed E-state index contributed by atoms with van der Waals surface area (Å²) < 4.78 is 0. The van der Waals surface area contributed by atoms with Gasteiger partial charge in [-0.2, -0.15) is 0 Å². The van der Waals surface area contributed by atoms with Crippen LogP contribution in [-0.2, 0) is 0 Å². The number of hydrogen-bond donors (Lipinski definition) is 1. The number of nitrogens with one attached hydrogen (secondary N) is 1. The second-order valence-electron chi connectivity index (χ2n) is 3.39. The van der Waals surface area contributed by atoms with Gasteiger partial charge in [-0.15, -0.1) is 30.4 Å². The second kappa shape index (κ2) is 5.83. The summed E-state index contributed by atoms with van der Waals surface area (Å²) in [5.41, 5.74) is -0.222. The van der Waals surface area contributed by atoms with Crippen LogP contribution in [0.15, 0.2) is 4.99 Å². The predicted octanol–water partition coefficient (Wildman–Crippen LogP) is 1.56. The van der Waals surface area contributed by atoms with Gasteiger partial charge in [0.15, 0.2) is 5.17 Å². The smallest absolute Gasteiger partial charge is 0.158 e. The predicted molar refractivity (Wildman–Crippen MR) is 74.0 cm³/mol. The first-order chi connectivity index (χ1) is 6.10. The number of aliphatic imine (C=N–C) groups is 1. The number of halogens is 1. The van der Waals surface area contributed by atoms with E-state index in [1.165, 1.54) is 0 Å². The third-order valence-corrected chi connectivity index (χ3v) is 2.80. The minimum absolute atomic E-state index is 0. The van der Waals surface area contributed by atoms with Crippen molar-refractivity contribution in [2.75, 3.05) is 19.6 Å². The number of nitrogens with zero attached hydrogens (tertiary/aromatic N) is 2. The molecule has 1 rings (SSSR count). The summed E-state index contributed by atoms with van der Waals surface area (Å²) >= 11 is 1.63. The zero-order chi connectivity index (χ0) is 9.90. The number of rotatable bonds is 1. The molecule has 5 heteroatoms. The summed E-state index contributed by atoms with van der Waals surface area (Å²) in [4.78, 5) is 6.46. The van der Waals surface area contributed by atoms with Gasteiger partial charge in [0.25, 0.3) is 0 Å². The van der Waals surface area contributed by atoms with E-state index in [9.17, 15) is 0 Å². The van der Waals surface area contributed by atoms with Crippen molar-refractivity contribution in [3.8, 4) is 12.3 Å². The van der Waals surface area contributed by atoms with Crippen LogP contribution in [0.2, 0.25) is 0 Å². The van der Waals surface area contributed by atoms with E-state index in [0.29, 0.717) is 6.67 Å². The molecule has 0 spiro atoms. The molecule has 1 N–H and O–H groups in total. The molecule has 80 valence electrons. The van der Waals surface area contributed by atoms with Crippen LogP contribution in [0.25, 0.3) is 0 Å². The summed E-state index contributed by atoms with van der Waals surface area (Å²) in [5, 5.41) is 4.19. The average Bonchev–Trinajstić information content (AvgIpc) is 2.18. The fourth-order valence-electron chi connectivity index (χ4n) is 1.02. The first kappa shape index (κ1) is 14.1. The Morgan fingerprint density at radius 2 is 2.29 bits per heavy atom. The Bertz CT molecular complexity index is 257. The molecule has 3 nitrogen and oxygen atoms in total. The highest BCUT2D eigenvalue weighted by atomic mass is 127. The average molecular weight is 325 g/mol. The van der Waals surface area contributed by atoms with Crippen molar-refractivity contribution in [3.63, 3.8) is 0 Å². The van der Waals surface area contributed by atoms with Gasteiger partial charge in [0, 0.05) is 0 Å². The summed E-state index contributed by atoms with van der Waals surface area (Å²) in [7, 11) is 0. The van der Waals surface area contributed by atoms with Gasteiger partial charge in [0.2, 0.25) is 0 Å². The number of thioether (sulfide) groups is 1. The van der Waals surface area contributed by atoms with Crippen LogP contribution in [0.3, 0.4) is 0 Å². The zero-order valence-electron chi connectivity index (χ0n) is 8.70. The molecule has 1 heterocycles. The SMILES string of the molecule is C#CC(C)(C)N1CN=C(SC)NC1.I. The van der Waals surface area contributed by atoms with E-state index < -0.39 is 0 Å². The van der Waals surface area contributed by atoms with Gasteiger partial charge >= 0.3 is 0 Å². The lowest BCUT2D eigenvalue weighted by Crippen LogP contribution is -2.51. The molecule has 0 radical (unpaired) electrons. The third kappa shape index (κ3) is 3.33. The first-order valence-corrected chi connectivity index (χ1v) is 5.38. The molecular weight excluding hydrogens is 309 g/mol. The Labute approximate surface area is 107 Å². The molecule has 0 unspecified atom stereocenters. The van der Waals surface area contributed by atoms with Crippen LogP contribution in [0.4, 0.5) is 0 Å². The Balaban J connectivity index is 0.00000169. The molecule has 0 bridgehead atoms. The van der Waals surface area contributed by atoms with Crippen LogP contribution < -0.4 is 5.32 Å². The number of terminal acetylenes is 1. The lowest BCUT2D eigenvalue weighted by Gasteiger charge is -2.35. The molecule has 0 aliphatic carbocycles. The summed E-state index contributed by atoms with van der Waals surface area (Å²) in [6, 6.07) is 0. The Morgan fingerprint density at radius 3 is 2.64 bits per heavy atom. The summed E-state index contributed by atoms with van der Waals surface area (Å²) in [5.74, 6) is 2.75. The largest absolute Gasteiger partial charge is 0.352 e. The molecule has 0 fully saturated rings. The minimum Gasteiger partial charge on any atom is -0.352 e. The summed E-state index contributed by atoms with van der Waals surface area (Å²) in [6.45, 7) is 5.50. The molecule has 1 aliphatic rings. The molecular formula is C9H16IN3S. The van der Waals surface area contributed by atoms with E-state index in [1.54, 1.807) is 11.8 Å². The fourth-order valence-corrected chi connectivity index (χ4v) is 1.42. The maximum Gasteiger partial charge on any atom is 0.158 e. The van der Waals surface area contributed by atoms with Crippen LogP contribution in [-0.4, -0.2) is 35.2 Å². The number of hydrogen-bond acceptors (Lipinski definition) is 4. The molecule has 0 aromatic rings. The maximum absolute atomic E-state index is 5.43. The highest BCUT2D eigenvalue weighted by molar-refractivity contribution is 14.0. The highest BCUT2D eigenvalue weighted by Gasteiger charge is 2.25. The monoisotopic (exact) mass is 325 g/mol. The molecule has 1 aliphatic heterocycles. The second-order valence-corrected chi connectivity index (χ2v) is 4.18. The molecule has 0 saturated carbocycles. The quantitative estimate of drug-likeness (QED) is 0.586. The molecule has 0 amide bonds. The van der Waals surface area contributed by atoms with Gasteiger partial charge in [-0.25, -0.2) is 4.99 Å². The Morgan fingerprint density at radius 1 is 1.64 bits per heavy atom. The van der Waals surface area contributed by atoms with E-state index >= 15 is 0 Å². The van der Waals surface area contributed by atoms with Crippen molar-refractivity contribution in [2.24, 2.45) is 4.99 Å². The van der Waals surface area contributed by atoms with E-state index in [1.807, 2.05) is 20.1 Å². The standard InChI is InChI=1S/C9H15N3S.HI/c1-5-9(2,3)12-6-10-8(13-4)11-7-12;/h1H,6-7H2,2-4H3,(H,10,11);1H. The van der Waals surface area contributed by atoms with E-state index in [-0.39, 0.29) is 29.5 Å². The normalized spacial score (nSPS) is 17.4. The lowest BCUT2D eigenvalue weighted by molar-refractivity contribution is 0.164. The molecule has 0 saturated heterocycles. The van der Waals surface area contributed by atoms with E-state index in [2.05, 4.69) is 21.1 Å². The number of amidine groups is 1. The van der Waals surface area contributed by atoms with Gasteiger partial charge in [-0.3, -0.25) is 4.90 Å². The van der Waals surface area contributed by atoms with Crippen molar-refractivity contribution < 1.29 is 0 Å². The van der Waals surface area contributed by atoms with Crippen LogP contribution in [0, 0.1) is 12.3 Å². The van der Waals surface area contributed by atoms with Crippen molar-refractivity contribution in [1.82, 2.24) is 10.2 Å². The van der Waals surface area contributed by atoms with Crippen molar-refractivity contribution in [1.29, 1.82) is 0 Å². The van der Waals surface area contributed by atoms with Crippen molar-refractivity contribution in [2.45, 2.75) is 19.4 Å². The molecule has 14 heavy (non-hydrogen) atoms. The van der Waals surface area contributed by atoms with Crippen molar-refractivity contribution in [3.05, 3.63) is 0 Å². The van der Waals surface area contributed by atoms with Crippen LogP contribution in [0.1, 0.15) is 13.8 Å². The Hall–Kier alpha value is 0.0700. The van der Waals surface area contributed by atoms with Crippen LogP contribution in [0.5, 0.6) is 0 Å². The summed E-state index contributed by atoms with van der Waals surface area (Å²) in [6.07, 6.45) is 7.44. The highest BCUT2D eigenvalue weighted by Crippen LogP contribution is 2.14. The van der Waals surface area contributed by atoms with Gasteiger partial charge < -0.3 is 5.32 Å². The van der Waals surface area contributed by atoms with E-state index in [4.69, 9.17) is 6.42 Å². The molecule has 0 atom stereocenters. The topological polar surface area (TPSA) is 27.6 Å². The maximum atomic E-state index is 5.43. The fraction of sp³-hybridized carbons (Fsp3) is 0.667. The van der Waals surface area contributed by atoms with Crippen LogP contribution >= 0.6 is 35.7 Å². The van der Waals surface area contributed by atoms with Gasteiger partial charge in [-0.1, -0.05) is 17.7 Å². The van der Waals surface area contributed by atoms with Gasteiger partial charge in [0.1, 0.15) is 0 Å². The zero-order valence-corrected chi connectivity index (χ0v) is 11.8. The Kier molecular flexibility index (Phi) is 5.86. The minimum atomic E-state index is -0.222. The van der Waals surface area contributed by atoms with E-state index in [0.717, 1.165) is 11.8 Å². The van der Waals surface area contributed by atoms with Crippen molar-refractivity contribution >= 4 is 40.9 Å². The lowest BCUT2D eigenvalue weighted by atomic mass is 10.1. The molecule has 0 aromatic heterocycles. The van der Waals surface area contributed by atoms with Gasteiger partial charge in [0.05, 0.1) is 18.9 Å². The van der Waals surface area contributed by atoms with Gasteiger partial charge in [-0.05, 0) is 20.1 Å². The first-order valence-electron chi connectivity index (χ1n) is 4.15. The molecule has 0 aromatic carbocycles.